The fourth-order valence-corrected chi connectivity index (χ4v) is 1.59. The van der Waals surface area contributed by atoms with Gasteiger partial charge in [0.15, 0.2) is 0 Å². The molecular formula is C11H18O4. The second kappa shape index (κ2) is 6.58. The van der Waals surface area contributed by atoms with Crippen LogP contribution in [-0.2, 0) is 14.3 Å². The third-order valence-electron chi connectivity index (χ3n) is 2.41. The number of aliphatic hydroxyl groups excluding tert-OH is 1. The molecule has 1 fully saturated rings. The van der Waals surface area contributed by atoms with E-state index in [-0.39, 0.29) is 19.3 Å². The Morgan fingerprint density at radius 1 is 1.47 bits per heavy atom. The lowest BCUT2D eigenvalue weighted by molar-refractivity contribution is -0.142. The number of hydrogen-bond donors (Lipinski definition) is 1. The summed E-state index contributed by atoms with van der Waals surface area (Å²) in [7, 11) is 0. The van der Waals surface area contributed by atoms with Crippen molar-refractivity contribution in [3.05, 3.63) is 12.7 Å². The van der Waals surface area contributed by atoms with E-state index in [1.165, 1.54) is 12.8 Å². The van der Waals surface area contributed by atoms with Gasteiger partial charge in [0.1, 0.15) is 12.7 Å². The van der Waals surface area contributed by atoms with Crippen LogP contribution in [0.15, 0.2) is 12.7 Å². The van der Waals surface area contributed by atoms with Gasteiger partial charge in [-0.2, -0.15) is 0 Å². The van der Waals surface area contributed by atoms with Gasteiger partial charge in [-0.1, -0.05) is 19.4 Å². The summed E-state index contributed by atoms with van der Waals surface area (Å²) in [5, 5.41) is 9.42. The summed E-state index contributed by atoms with van der Waals surface area (Å²) in [6, 6.07) is 0. The van der Waals surface area contributed by atoms with Crippen molar-refractivity contribution < 1.29 is 19.4 Å². The average molecular weight is 214 g/mol. The third kappa shape index (κ3) is 4.95. The monoisotopic (exact) mass is 214 g/mol. The van der Waals surface area contributed by atoms with Gasteiger partial charge < -0.3 is 14.6 Å². The van der Waals surface area contributed by atoms with E-state index in [0.29, 0.717) is 0 Å². The summed E-state index contributed by atoms with van der Waals surface area (Å²) in [4.78, 5) is 10.7. The van der Waals surface area contributed by atoms with Crippen LogP contribution in [0.3, 0.4) is 0 Å². The van der Waals surface area contributed by atoms with Crippen LogP contribution in [-0.4, -0.2) is 36.5 Å². The van der Waals surface area contributed by atoms with Crippen molar-refractivity contribution in [3.63, 3.8) is 0 Å². The molecule has 1 atom stereocenters. The number of aliphatic hydroxyl groups is 1. The molecule has 0 bridgehead atoms. The zero-order valence-electron chi connectivity index (χ0n) is 8.85. The molecule has 86 valence electrons. The van der Waals surface area contributed by atoms with E-state index in [4.69, 9.17) is 4.74 Å². The maximum atomic E-state index is 10.7. The smallest absolute Gasteiger partial charge is 0.330 e. The summed E-state index contributed by atoms with van der Waals surface area (Å²) in [6.07, 6.45) is 5.14. The maximum Gasteiger partial charge on any atom is 0.330 e. The van der Waals surface area contributed by atoms with Crippen LogP contribution in [0, 0.1) is 0 Å². The zero-order valence-corrected chi connectivity index (χ0v) is 8.85. The Hall–Kier alpha value is -0.870. The van der Waals surface area contributed by atoms with E-state index in [1.54, 1.807) is 0 Å². The van der Waals surface area contributed by atoms with E-state index < -0.39 is 12.1 Å². The van der Waals surface area contributed by atoms with Crippen LogP contribution < -0.4 is 0 Å². The molecular weight excluding hydrogens is 196 g/mol. The summed E-state index contributed by atoms with van der Waals surface area (Å²) >= 11 is 0. The fourth-order valence-electron chi connectivity index (χ4n) is 1.59. The van der Waals surface area contributed by atoms with Gasteiger partial charge in [-0.25, -0.2) is 4.79 Å². The topological polar surface area (TPSA) is 55.8 Å². The number of carbonyl (C=O) groups is 1. The van der Waals surface area contributed by atoms with Crippen molar-refractivity contribution in [3.8, 4) is 0 Å². The summed E-state index contributed by atoms with van der Waals surface area (Å²) < 4.78 is 10.1. The second-order valence-electron chi connectivity index (χ2n) is 3.73. The van der Waals surface area contributed by atoms with Crippen LogP contribution in [0.4, 0.5) is 0 Å². The minimum absolute atomic E-state index is 0.0302. The Bertz CT molecular complexity index is 209. The van der Waals surface area contributed by atoms with Crippen molar-refractivity contribution in [2.75, 3.05) is 13.2 Å². The lowest BCUT2D eigenvalue weighted by Crippen LogP contribution is -2.25. The molecule has 0 aliphatic heterocycles. The first-order valence-corrected chi connectivity index (χ1v) is 5.31. The lowest BCUT2D eigenvalue weighted by atomic mass is 10.3. The lowest BCUT2D eigenvalue weighted by Gasteiger charge is -2.15. The molecule has 0 aromatic carbocycles. The van der Waals surface area contributed by atoms with Crippen molar-refractivity contribution in [2.45, 2.75) is 37.9 Å². The number of esters is 1. The van der Waals surface area contributed by atoms with Crippen molar-refractivity contribution in [2.24, 2.45) is 0 Å². The highest BCUT2D eigenvalue weighted by Crippen LogP contribution is 2.20. The molecule has 1 saturated carbocycles. The molecule has 0 aromatic rings. The Morgan fingerprint density at radius 2 is 2.13 bits per heavy atom. The molecule has 15 heavy (non-hydrogen) atoms. The van der Waals surface area contributed by atoms with E-state index in [9.17, 15) is 9.90 Å². The molecule has 4 heteroatoms. The standard InChI is InChI=1S/C11H18O4/c1-2-11(13)15-8-9(12)7-14-10-5-3-4-6-10/h2,9-10,12H,1,3-8H2. The number of ether oxygens (including phenoxy) is 2. The predicted molar refractivity (Wildman–Crippen MR) is 55.4 cm³/mol. The molecule has 0 saturated heterocycles. The van der Waals surface area contributed by atoms with Gasteiger partial charge in [0.2, 0.25) is 0 Å². The van der Waals surface area contributed by atoms with Gasteiger partial charge in [-0.3, -0.25) is 0 Å². The molecule has 0 aromatic heterocycles. The number of carbonyl (C=O) groups excluding carboxylic acids is 1. The summed E-state index contributed by atoms with van der Waals surface area (Å²) in [5.41, 5.74) is 0. The Morgan fingerprint density at radius 3 is 2.73 bits per heavy atom. The molecule has 0 amide bonds. The highest BCUT2D eigenvalue weighted by Gasteiger charge is 2.17. The maximum absolute atomic E-state index is 10.7. The van der Waals surface area contributed by atoms with Crippen molar-refractivity contribution >= 4 is 5.97 Å². The molecule has 1 aliphatic carbocycles. The highest BCUT2D eigenvalue weighted by atomic mass is 16.5. The first-order valence-electron chi connectivity index (χ1n) is 5.31. The molecule has 0 heterocycles. The SMILES string of the molecule is C=CC(=O)OCC(O)COC1CCCC1. The predicted octanol–water partition coefficient (Wildman–Crippen LogP) is 1.04. The third-order valence-corrected chi connectivity index (χ3v) is 2.41. The minimum atomic E-state index is -0.741. The molecule has 1 aliphatic rings. The van der Waals surface area contributed by atoms with Gasteiger partial charge in [0.05, 0.1) is 12.7 Å². The van der Waals surface area contributed by atoms with Gasteiger partial charge >= 0.3 is 5.97 Å². The normalized spacial score (nSPS) is 18.7. The van der Waals surface area contributed by atoms with Crippen molar-refractivity contribution in [1.29, 1.82) is 0 Å². The largest absolute Gasteiger partial charge is 0.460 e. The van der Waals surface area contributed by atoms with E-state index in [1.807, 2.05) is 0 Å². The molecule has 0 spiro atoms. The van der Waals surface area contributed by atoms with Gasteiger partial charge in [0, 0.05) is 6.08 Å². The van der Waals surface area contributed by atoms with E-state index in [2.05, 4.69) is 11.3 Å². The van der Waals surface area contributed by atoms with E-state index in [0.717, 1.165) is 18.9 Å². The Balaban J connectivity index is 2.04. The van der Waals surface area contributed by atoms with Gasteiger partial charge in [-0.15, -0.1) is 0 Å². The highest BCUT2D eigenvalue weighted by molar-refractivity contribution is 5.81. The van der Waals surface area contributed by atoms with Gasteiger partial charge in [0.25, 0.3) is 0 Å². The van der Waals surface area contributed by atoms with Crippen LogP contribution in [0.25, 0.3) is 0 Å². The fraction of sp³-hybridized carbons (Fsp3) is 0.727. The van der Waals surface area contributed by atoms with Crippen LogP contribution in [0.5, 0.6) is 0 Å². The Labute approximate surface area is 89.9 Å². The quantitative estimate of drug-likeness (QED) is 0.530. The number of hydrogen-bond acceptors (Lipinski definition) is 4. The first-order chi connectivity index (χ1) is 7.22. The summed E-state index contributed by atoms with van der Waals surface area (Å²) in [6.45, 7) is 3.46. The summed E-state index contributed by atoms with van der Waals surface area (Å²) in [5.74, 6) is -0.519. The molecule has 4 nitrogen and oxygen atoms in total. The van der Waals surface area contributed by atoms with E-state index >= 15 is 0 Å². The molecule has 1 unspecified atom stereocenters. The first kappa shape index (κ1) is 12.2. The van der Waals surface area contributed by atoms with Crippen molar-refractivity contribution in [1.82, 2.24) is 0 Å². The minimum Gasteiger partial charge on any atom is -0.460 e. The molecule has 0 radical (unpaired) electrons. The molecule has 1 rings (SSSR count). The molecule has 1 N–H and O–H groups in total. The average Bonchev–Trinajstić information content (AvgIpc) is 2.75. The second-order valence-corrected chi connectivity index (χ2v) is 3.73. The van der Waals surface area contributed by atoms with Crippen LogP contribution >= 0.6 is 0 Å². The van der Waals surface area contributed by atoms with Gasteiger partial charge in [-0.05, 0) is 12.8 Å². The van der Waals surface area contributed by atoms with Crippen LogP contribution in [0.1, 0.15) is 25.7 Å². The van der Waals surface area contributed by atoms with Crippen LogP contribution in [0.2, 0.25) is 0 Å². The number of rotatable bonds is 6. The zero-order chi connectivity index (χ0) is 11.1. The Kier molecular flexibility index (Phi) is 5.36.